The molecule has 3 rings (SSSR count). The van der Waals surface area contributed by atoms with Crippen molar-refractivity contribution in [1.29, 1.82) is 0 Å². The molecule has 0 spiro atoms. The van der Waals surface area contributed by atoms with Gasteiger partial charge in [0.2, 0.25) is 5.91 Å². The molecule has 0 saturated heterocycles. The number of ether oxygens (including phenoxy) is 1. The zero-order valence-electron chi connectivity index (χ0n) is 13.8. The van der Waals surface area contributed by atoms with Crippen molar-refractivity contribution < 1.29 is 9.53 Å². The first-order chi connectivity index (χ1) is 11.2. The van der Waals surface area contributed by atoms with Crippen molar-refractivity contribution in [3.05, 3.63) is 42.0 Å². The van der Waals surface area contributed by atoms with E-state index in [0.29, 0.717) is 6.54 Å². The van der Waals surface area contributed by atoms with E-state index in [9.17, 15) is 4.79 Å². The van der Waals surface area contributed by atoms with Gasteiger partial charge in [-0.15, -0.1) is 0 Å². The Hall–Kier alpha value is -1.81. The fourth-order valence-corrected chi connectivity index (χ4v) is 3.36. The van der Waals surface area contributed by atoms with E-state index in [4.69, 9.17) is 4.74 Å². The summed E-state index contributed by atoms with van der Waals surface area (Å²) in [6.07, 6.45) is 7.34. The number of nitrogens with one attached hydrogen (secondary N) is 1. The summed E-state index contributed by atoms with van der Waals surface area (Å²) in [7, 11) is 0. The Morgan fingerprint density at radius 3 is 3.04 bits per heavy atom. The van der Waals surface area contributed by atoms with Gasteiger partial charge in [0.15, 0.2) is 0 Å². The van der Waals surface area contributed by atoms with Crippen LogP contribution in [0.4, 0.5) is 0 Å². The summed E-state index contributed by atoms with van der Waals surface area (Å²) in [5.41, 5.74) is 1.22. The van der Waals surface area contributed by atoms with E-state index in [1.807, 2.05) is 12.1 Å². The van der Waals surface area contributed by atoms with Crippen molar-refractivity contribution in [3.8, 4) is 5.75 Å². The van der Waals surface area contributed by atoms with Gasteiger partial charge in [-0.2, -0.15) is 0 Å². The average Bonchev–Trinajstić information content (AvgIpc) is 2.73. The molecule has 0 saturated carbocycles. The highest BCUT2D eigenvalue weighted by Crippen LogP contribution is 2.24. The van der Waals surface area contributed by atoms with Crippen molar-refractivity contribution in [2.75, 3.05) is 19.6 Å². The maximum atomic E-state index is 12.2. The number of carbonyl (C=O) groups is 1. The summed E-state index contributed by atoms with van der Waals surface area (Å²) in [5.74, 6) is 1.35. The molecule has 124 valence electrons. The minimum atomic E-state index is 0.159. The largest absolute Gasteiger partial charge is 0.489 e. The van der Waals surface area contributed by atoms with Crippen LogP contribution >= 0.6 is 0 Å². The van der Waals surface area contributed by atoms with Crippen LogP contribution < -0.4 is 10.1 Å². The smallest absolute Gasteiger partial charge is 0.223 e. The zero-order chi connectivity index (χ0) is 16.1. The van der Waals surface area contributed by atoms with E-state index >= 15 is 0 Å². The maximum Gasteiger partial charge on any atom is 0.223 e. The molecule has 0 aromatic heterocycles. The molecule has 4 nitrogen and oxygen atoms in total. The van der Waals surface area contributed by atoms with Crippen molar-refractivity contribution in [1.82, 2.24) is 10.2 Å². The molecule has 23 heavy (non-hydrogen) atoms. The van der Waals surface area contributed by atoms with Crippen LogP contribution in [-0.4, -0.2) is 36.5 Å². The molecule has 2 aliphatic rings. The number of allylic oxidation sites excluding steroid dienone is 2. The minimum Gasteiger partial charge on any atom is -0.489 e. The van der Waals surface area contributed by atoms with Crippen LogP contribution in [0.25, 0.3) is 0 Å². The molecule has 1 heterocycles. The lowest BCUT2D eigenvalue weighted by Crippen LogP contribution is -2.39. The summed E-state index contributed by atoms with van der Waals surface area (Å²) in [4.78, 5) is 14.5. The highest BCUT2D eigenvalue weighted by molar-refractivity contribution is 5.78. The van der Waals surface area contributed by atoms with Crippen LogP contribution in [-0.2, 0) is 11.3 Å². The number of carbonyl (C=O) groups excluding carboxylic acids is 1. The molecule has 0 fully saturated rings. The van der Waals surface area contributed by atoms with Gasteiger partial charge < -0.3 is 10.1 Å². The number of rotatable bonds is 4. The van der Waals surface area contributed by atoms with Crippen molar-refractivity contribution >= 4 is 5.91 Å². The predicted octanol–water partition coefficient (Wildman–Crippen LogP) is 2.74. The standard InChI is InChI=1S/C19H26N2O2/c1-15-13-21(14-17-9-5-6-10-18(17)23-15)12-11-20-19(22)16-7-3-2-4-8-16/h2-3,5-6,9-10,15-16H,4,7-8,11-14H2,1H3,(H,20,22)/t15-,16-/m0/s1. The highest BCUT2D eigenvalue weighted by atomic mass is 16.5. The molecule has 2 atom stereocenters. The first kappa shape index (κ1) is 16.1. The summed E-state index contributed by atoms with van der Waals surface area (Å²) in [6.45, 7) is 5.42. The fourth-order valence-electron chi connectivity index (χ4n) is 3.36. The van der Waals surface area contributed by atoms with E-state index in [0.717, 1.165) is 44.6 Å². The van der Waals surface area contributed by atoms with E-state index in [2.05, 4.69) is 41.4 Å². The number of benzene rings is 1. The lowest BCUT2D eigenvalue weighted by Gasteiger charge is -2.23. The first-order valence-corrected chi connectivity index (χ1v) is 8.62. The predicted molar refractivity (Wildman–Crippen MR) is 91.3 cm³/mol. The van der Waals surface area contributed by atoms with Crippen LogP contribution in [0.5, 0.6) is 5.75 Å². The monoisotopic (exact) mass is 314 g/mol. The van der Waals surface area contributed by atoms with Gasteiger partial charge in [-0.1, -0.05) is 30.4 Å². The molecule has 0 radical (unpaired) electrons. The Morgan fingerprint density at radius 2 is 2.22 bits per heavy atom. The third-order valence-corrected chi connectivity index (χ3v) is 4.58. The topological polar surface area (TPSA) is 41.6 Å². The molecule has 1 N–H and O–H groups in total. The Morgan fingerprint density at radius 1 is 1.35 bits per heavy atom. The van der Waals surface area contributed by atoms with E-state index in [-0.39, 0.29) is 17.9 Å². The molecule has 4 heteroatoms. The molecular formula is C19H26N2O2. The van der Waals surface area contributed by atoms with Gasteiger partial charge in [-0.3, -0.25) is 9.69 Å². The van der Waals surface area contributed by atoms with E-state index in [1.165, 1.54) is 5.56 Å². The second kappa shape index (κ2) is 7.64. The Labute approximate surface area is 138 Å². The molecule has 1 aliphatic carbocycles. The van der Waals surface area contributed by atoms with Gasteiger partial charge in [0.25, 0.3) is 0 Å². The average molecular weight is 314 g/mol. The van der Waals surface area contributed by atoms with Gasteiger partial charge in [0, 0.05) is 37.7 Å². The lowest BCUT2D eigenvalue weighted by atomic mass is 9.94. The number of nitrogens with zero attached hydrogens (tertiary/aromatic N) is 1. The van der Waals surface area contributed by atoms with Crippen LogP contribution in [0.15, 0.2) is 36.4 Å². The summed E-state index contributed by atoms with van der Waals surface area (Å²) in [5, 5.41) is 3.10. The minimum absolute atomic E-state index is 0.159. The van der Waals surface area contributed by atoms with Gasteiger partial charge in [0.1, 0.15) is 11.9 Å². The first-order valence-electron chi connectivity index (χ1n) is 8.62. The molecule has 0 bridgehead atoms. The molecule has 0 unspecified atom stereocenters. The van der Waals surface area contributed by atoms with Crippen molar-refractivity contribution in [3.63, 3.8) is 0 Å². The van der Waals surface area contributed by atoms with Gasteiger partial charge in [-0.05, 0) is 32.3 Å². The highest BCUT2D eigenvalue weighted by Gasteiger charge is 2.21. The van der Waals surface area contributed by atoms with Crippen LogP contribution in [0.1, 0.15) is 31.7 Å². The Bertz CT molecular complexity index is 570. The SMILES string of the molecule is C[C@H]1CN(CCNC(=O)[C@H]2CC=CCC2)Cc2ccccc2O1. The molecule has 1 aliphatic heterocycles. The normalized spacial score (nSPS) is 24.4. The third-order valence-electron chi connectivity index (χ3n) is 4.58. The summed E-state index contributed by atoms with van der Waals surface area (Å²) < 4.78 is 5.97. The summed E-state index contributed by atoms with van der Waals surface area (Å²) in [6, 6.07) is 8.22. The van der Waals surface area contributed by atoms with Crippen LogP contribution in [0.3, 0.4) is 0 Å². The van der Waals surface area contributed by atoms with E-state index in [1.54, 1.807) is 0 Å². The summed E-state index contributed by atoms with van der Waals surface area (Å²) >= 11 is 0. The van der Waals surface area contributed by atoms with Crippen LogP contribution in [0, 0.1) is 5.92 Å². The van der Waals surface area contributed by atoms with Crippen molar-refractivity contribution in [2.45, 2.75) is 38.8 Å². The van der Waals surface area contributed by atoms with E-state index < -0.39 is 0 Å². The van der Waals surface area contributed by atoms with Crippen molar-refractivity contribution in [2.24, 2.45) is 5.92 Å². The Balaban J connectivity index is 1.50. The maximum absolute atomic E-state index is 12.2. The van der Waals surface area contributed by atoms with Gasteiger partial charge in [-0.25, -0.2) is 0 Å². The number of hydrogen-bond donors (Lipinski definition) is 1. The second-order valence-corrected chi connectivity index (χ2v) is 6.54. The zero-order valence-corrected chi connectivity index (χ0v) is 13.8. The fraction of sp³-hybridized carbons (Fsp3) is 0.526. The number of hydrogen-bond acceptors (Lipinski definition) is 3. The molecule has 1 aromatic carbocycles. The molecule has 1 aromatic rings. The molecular weight excluding hydrogens is 288 g/mol. The van der Waals surface area contributed by atoms with Gasteiger partial charge in [0.05, 0.1) is 0 Å². The number of amides is 1. The Kier molecular flexibility index (Phi) is 5.34. The van der Waals surface area contributed by atoms with Gasteiger partial charge >= 0.3 is 0 Å². The number of para-hydroxylation sites is 1. The third kappa shape index (κ3) is 4.35. The quantitative estimate of drug-likeness (QED) is 0.869. The molecule has 1 amide bonds. The van der Waals surface area contributed by atoms with Crippen LogP contribution in [0.2, 0.25) is 0 Å². The second-order valence-electron chi connectivity index (χ2n) is 6.54. The number of fused-ring (bicyclic) bond motifs is 1. The lowest BCUT2D eigenvalue weighted by molar-refractivity contribution is -0.125.